The summed E-state index contributed by atoms with van der Waals surface area (Å²) in [5.41, 5.74) is 1.53. The van der Waals surface area contributed by atoms with E-state index >= 15 is 0 Å². The van der Waals surface area contributed by atoms with Crippen LogP contribution >= 0.6 is 23.4 Å². The smallest absolute Gasteiger partial charge is 0.0795 e. The molecule has 0 aromatic heterocycles. The predicted molar refractivity (Wildman–Crippen MR) is 86.8 cm³/mol. The highest BCUT2D eigenvalue weighted by Gasteiger charge is 2.40. The first-order valence-corrected chi connectivity index (χ1v) is 8.99. The van der Waals surface area contributed by atoms with Crippen molar-refractivity contribution in [3.63, 3.8) is 0 Å². The summed E-state index contributed by atoms with van der Waals surface area (Å²) >= 11 is 7.94. The van der Waals surface area contributed by atoms with Crippen LogP contribution in [0, 0.1) is 0 Å². The molecular weight excluding hydrogens is 290 g/mol. The van der Waals surface area contributed by atoms with E-state index in [1.807, 2.05) is 23.9 Å². The lowest BCUT2D eigenvalue weighted by Crippen LogP contribution is -2.47. The Balaban J connectivity index is 1.45. The van der Waals surface area contributed by atoms with Crippen LogP contribution in [0.25, 0.3) is 0 Å². The van der Waals surface area contributed by atoms with Crippen molar-refractivity contribution in [3.05, 3.63) is 34.9 Å². The fourth-order valence-electron chi connectivity index (χ4n) is 3.14. The van der Waals surface area contributed by atoms with Crippen LogP contribution in [-0.2, 0) is 11.2 Å². The van der Waals surface area contributed by atoms with Gasteiger partial charge in [-0.15, -0.1) is 0 Å². The lowest BCUT2D eigenvalue weighted by molar-refractivity contribution is -0.0699. The van der Waals surface area contributed by atoms with E-state index in [2.05, 4.69) is 17.4 Å². The maximum atomic E-state index is 6.06. The molecule has 2 atom stereocenters. The predicted octanol–water partition coefficient (Wildman–Crippen LogP) is 3.53. The fourth-order valence-corrected chi connectivity index (χ4v) is 4.64. The van der Waals surface area contributed by atoms with Gasteiger partial charge >= 0.3 is 0 Å². The maximum Gasteiger partial charge on any atom is 0.0795 e. The standard InChI is InChI=1S/C16H22ClNOS/c17-14-3-1-13(2-4-14)5-8-18-15-6-9-19-16(11-15)7-10-20-12-16/h1-4,15,18H,5-12H2. The molecule has 1 spiro atoms. The highest BCUT2D eigenvalue weighted by molar-refractivity contribution is 7.99. The molecule has 2 heterocycles. The van der Waals surface area contributed by atoms with E-state index in [9.17, 15) is 0 Å². The van der Waals surface area contributed by atoms with Crippen LogP contribution in [0.2, 0.25) is 5.02 Å². The Bertz CT molecular complexity index is 431. The van der Waals surface area contributed by atoms with Crippen molar-refractivity contribution in [2.24, 2.45) is 0 Å². The molecule has 1 aromatic carbocycles. The van der Waals surface area contributed by atoms with Gasteiger partial charge in [-0.05, 0) is 55.7 Å². The topological polar surface area (TPSA) is 21.3 Å². The van der Waals surface area contributed by atoms with Gasteiger partial charge in [0.05, 0.1) is 5.60 Å². The minimum atomic E-state index is 0.181. The molecule has 3 rings (SSSR count). The molecule has 2 unspecified atom stereocenters. The average Bonchev–Trinajstić information content (AvgIpc) is 2.89. The molecule has 0 amide bonds. The Morgan fingerprint density at radius 2 is 2.20 bits per heavy atom. The lowest BCUT2D eigenvalue weighted by Gasteiger charge is -2.38. The molecule has 2 aliphatic heterocycles. The molecule has 2 aliphatic rings. The second-order valence-corrected chi connectivity index (χ2v) is 7.40. The second kappa shape index (κ2) is 6.69. The first-order valence-electron chi connectivity index (χ1n) is 7.45. The Morgan fingerprint density at radius 1 is 1.35 bits per heavy atom. The summed E-state index contributed by atoms with van der Waals surface area (Å²) in [5, 5.41) is 4.53. The zero-order valence-electron chi connectivity index (χ0n) is 11.7. The van der Waals surface area contributed by atoms with Gasteiger partial charge in [-0.1, -0.05) is 23.7 Å². The van der Waals surface area contributed by atoms with E-state index in [4.69, 9.17) is 16.3 Å². The lowest BCUT2D eigenvalue weighted by atomic mass is 9.90. The number of hydrogen-bond acceptors (Lipinski definition) is 3. The number of ether oxygens (including phenoxy) is 1. The van der Waals surface area contributed by atoms with Gasteiger partial charge in [-0.3, -0.25) is 0 Å². The SMILES string of the molecule is Clc1ccc(CCNC2CCOC3(CCSC3)C2)cc1. The number of rotatable bonds is 4. The Hall–Kier alpha value is -0.220. The second-order valence-electron chi connectivity index (χ2n) is 5.85. The van der Waals surface area contributed by atoms with Crippen LogP contribution in [0.5, 0.6) is 0 Å². The van der Waals surface area contributed by atoms with Crippen molar-refractivity contribution in [2.75, 3.05) is 24.7 Å². The van der Waals surface area contributed by atoms with Gasteiger partial charge < -0.3 is 10.1 Å². The molecule has 110 valence electrons. The van der Waals surface area contributed by atoms with Gasteiger partial charge in [0.2, 0.25) is 0 Å². The van der Waals surface area contributed by atoms with E-state index in [1.54, 1.807) is 0 Å². The molecule has 1 N–H and O–H groups in total. The highest BCUT2D eigenvalue weighted by atomic mass is 35.5. The summed E-state index contributed by atoms with van der Waals surface area (Å²) in [7, 11) is 0. The fraction of sp³-hybridized carbons (Fsp3) is 0.625. The molecule has 0 aliphatic carbocycles. The van der Waals surface area contributed by atoms with Gasteiger partial charge in [0.1, 0.15) is 0 Å². The number of thioether (sulfide) groups is 1. The first kappa shape index (κ1) is 14.7. The molecule has 1 aromatic rings. The number of halogens is 1. The van der Waals surface area contributed by atoms with Gasteiger partial charge in [-0.2, -0.15) is 11.8 Å². The Morgan fingerprint density at radius 3 is 2.95 bits per heavy atom. The van der Waals surface area contributed by atoms with Crippen molar-refractivity contribution in [1.29, 1.82) is 0 Å². The van der Waals surface area contributed by atoms with Gasteiger partial charge in [-0.25, -0.2) is 0 Å². The van der Waals surface area contributed by atoms with E-state index in [-0.39, 0.29) is 5.60 Å². The molecule has 0 radical (unpaired) electrons. The van der Waals surface area contributed by atoms with Crippen molar-refractivity contribution >= 4 is 23.4 Å². The van der Waals surface area contributed by atoms with Gasteiger partial charge in [0, 0.05) is 23.4 Å². The third-order valence-electron chi connectivity index (χ3n) is 4.32. The van der Waals surface area contributed by atoms with Gasteiger partial charge in [0.25, 0.3) is 0 Å². The van der Waals surface area contributed by atoms with Crippen LogP contribution in [0.15, 0.2) is 24.3 Å². The number of hydrogen-bond donors (Lipinski definition) is 1. The third-order valence-corrected chi connectivity index (χ3v) is 5.80. The number of nitrogens with one attached hydrogen (secondary N) is 1. The summed E-state index contributed by atoms with van der Waals surface area (Å²) in [6.07, 6.45) is 4.62. The van der Waals surface area contributed by atoms with Crippen molar-refractivity contribution in [2.45, 2.75) is 37.3 Å². The summed E-state index contributed by atoms with van der Waals surface area (Å²) in [6.45, 7) is 1.95. The molecular formula is C16H22ClNOS. The van der Waals surface area contributed by atoms with Crippen LogP contribution in [0.4, 0.5) is 0 Å². The molecule has 2 saturated heterocycles. The number of benzene rings is 1. The summed E-state index contributed by atoms with van der Waals surface area (Å²) in [6, 6.07) is 8.79. The van der Waals surface area contributed by atoms with E-state index in [0.29, 0.717) is 6.04 Å². The van der Waals surface area contributed by atoms with Crippen LogP contribution in [0.3, 0.4) is 0 Å². The van der Waals surface area contributed by atoms with E-state index < -0.39 is 0 Å². The van der Waals surface area contributed by atoms with Crippen LogP contribution in [-0.4, -0.2) is 36.3 Å². The van der Waals surface area contributed by atoms with Crippen molar-refractivity contribution in [1.82, 2.24) is 5.32 Å². The van der Waals surface area contributed by atoms with Crippen LogP contribution < -0.4 is 5.32 Å². The summed E-state index contributed by atoms with van der Waals surface area (Å²) in [5.74, 6) is 2.44. The van der Waals surface area contributed by atoms with Crippen molar-refractivity contribution in [3.8, 4) is 0 Å². The summed E-state index contributed by atoms with van der Waals surface area (Å²) in [4.78, 5) is 0. The quantitative estimate of drug-likeness (QED) is 0.919. The average molecular weight is 312 g/mol. The monoisotopic (exact) mass is 311 g/mol. The first-order chi connectivity index (χ1) is 9.76. The Kier molecular flexibility index (Phi) is 4.92. The summed E-state index contributed by atoms with van der Waals surface area (Å²) < 4.78 is 6.06. The minimum Gasteiger partial charge on any atom is -0.374 e. The largest absolute Gasteiger partial charge is 0.374 e. The highest BCUT2D eigenvalue weighted by Crippen LogP contribution is 2.38. The molecule has 20 heavy (non-hydrogen) atoms. The zero-order chi connectivity index (χ0) is 13.8. The van der Waals surface area contributed by atoms with Crippen LogP contribution in [0.1, 0.15) is 24.8 Å². The normalized spacial score (nSPS) is 29.9. The van der Waals surface area contributed by atoms with Gasteiger partial charge in [0.15, 0.2) is 0 Å². The minimum absolute atomic E-state index is 0.181. The van der Waals surface area contributed by atoms with Crippen molar-refractivity contribution < 1.29 is 4.74 Å². The maximum absolute atomic E-state index is 6.06. The molecule has 2 nitrogen and oxygen atoms in total. The zero-order valence-corrected chi connectivity index (χ0v) is 13.3. The molecule has 4 heteroatoms. The molecule has 2 fully saturated rings. The third kappa shape index (κ3) is 3.70. The van der Waals surface area contributed by atoms with E-state index in [0.717, 1.165) is 31.0 Å². The molecule has 0 saturated carbocycles. The van der Waals surface area contributed by atoms with E-state index in [1.165, 1.54) is 29.9 Å². The Labute approximate surface area is 130 Å². The molecule has 0 bridgehead atoms.